The number of carbonyl (C=O) groups excluding carboxylic acids is 2. The molecule has 4 N–H and O–H groups in total. The molecule has 1 unspecified atom stereocenters. The lowest BCUT2D eigenvalue weighted by Crippen LogP contribution is -2.51. The maximum absolute atomic E-state index is 14.1. The van der Waals surface area contributed by atoms with Gasteiger partial charge in [0.25, 0.3) is 0 Å². The van der Waals surface area contributed by atoms with E-state index in [0.717, 1.165) is 10.8 Å². The van der Waals surface area contributed by atoms with Crippen LogP contribution in [0.25, 0.3) is 16.8 Å². The number of nitrogens with zero attached hydrogens (tertiary/aromatic N) is 1. The SMILES string of the molecule is N=C(N)c1cccc(CC(NS(=O)(=O)c2ccc3ccccc3c2)C(=O)N2CC(C(=O)[O-])=Cc3ccccc32)c1. The molecule has 4 aromatic carbocycles. The number of rotatable bonds is 8. The lowest BCUT2D eigenvalue weighted by Gasteiger charge is -2.33. The summed E-state index contributed by atoms with van der Waals surface area (Å²) in [6.45, 7) is -0.292. The maximum Gasteiger partial charge on any atom is 0.245 e. The third kappa shape index (κ3) is 5.49. The van der Waals surface area contributed by atoms with E-state index in [4.69, 9.17) is 11.1 Å². The Morgan fingerprint density at radius 1 is 0.950 bits per heavy atom. The fraction of sp³-hybridized carbons (Fsp3) is 0.100. The number of carboxylic acids is 1. The molecule has 0 aromatic heterocycles. The smallest absolute Gasteiger partial charge is 0.245 e. The second-order valence-corrected chi connectivity index (χ2v) is 11.2. The average molecular weight is 554 g/mol. The van der Waals surface area contributed by atoms with E-state index < -0.39 is 27.9 Å². The van der Waals surface area contributed by atoms with Crippen LogP contribution in [0.15, 0.2) is 101 Å². The summed E-state index contributed by atoms with van der Waals surface area (Å²) >= 11 is 0. The molecule has 40 heavy (non-hydrogen) atoms. The molecule has 0 saturated carbocycles. The van der Waals surface area contributed by atoms with Gasteiger partial charge in [-0.3, -0.25) is 10.2 Å². The van der Waals surface area contributed by atoms with E-state index in [9.17, 15) is 23.1 Å². The highest BCUT2D eigenvalue weighted by Crippen LogP contribution is 2.30. The molecule has 0 spiro atoms. The van der Waals surface area contributed by atoms with Crippen molar-refractivity contribution in [1.82, 2.24) is 4.72 Å². The zero-order valence-corrected chi connectivity index (χ0v) is 22.0. The van der Waals surface area contributed by atoms with Gasteiger partial charge in [0.05, 0.1) is 23.1 Å². The number of fused-ring (bicyclic) bond motifs is 2. The number of benzene rings is 4. The minimum atomic E-state index is -4.20. The van der Waals surface area contributed by atoms with Crippen LogP contribution in [0.1, 0.15) is 16.7 Å². The number of carbonyl (C=O) groups is 2. The lowest BCUT2D eigenvalue weighted by atomic mass is 9.99. The highest BCUT2D eigenvalue weighted by Gasteiger charge is 2.33. The Hall–Kier alpha value is -4.80. The van der Waals surface area contributed by atoms with Gasteiger partial charge in [-0.1, -0.05) is 66.7 Å². The molecule has 0 aliphatic carbocycles. The molecule has 1 aliphatic heterocycles. The van der Waals surface area contributed by atoms with Crippen molar-refractivity contribution >= 4 is 50.3 Å². The number of nitrogen functional groups attached to an aromatic ring is 1. The quantitative estimate of drug-likeness (QED) is 0.224. The Morgan fingerprint density at radius 3 is 2.42 bits per heavy atom. The predicted octanol–water partition coefficient (Wildman–Crippen LogP) is 2.19. The first-order chi connectivity index (χ1) is 19.1. The van der Waals surface area contributed by atoms with E-state index in [0.29, 0.717) is 22.4 Å². The number of hydrogen-bond acceptors (Lipinski definition) is 6. The lowest BCUT2D eigenvalue weighted by molar-refractivity contribution is -0.299. The molecule has 202 valence electrons. The summed E-state index contributed by atoms with van der Waals surface area (Å²) in [4.78, 5) is 27.1. The van der Waals surface area contributed by atoms with Crippen molar-refractivity contribution in [2.45, 2.75) is 17.4 Å². The van der Waals surface area contributed by atoms with Crippen molar-refractivity contribution in [3.05, 3.63) is 113 Å². The molecular formula is C30H25N4O5S-. The van der Waals surface area contributed by atoms with E-state index in [1.54, 1.807) is 66.7 Å². The number of hydrogen-bond donors (Lipinski definition) is 3. The molecule has 9 nitrogen and oxygen atoms in total. The van der Waals surface area contributed by atoms with Gasteiger partial charge in [0.15, 0.2) is 0 Å². The van der Waals surface area contributed by atoms with Gasteiger partial charge >= 0.3 is 0 Å². The molecule has 0 saturated heterocycles. The number of amides is 1. The number of para-hydroxylation sites is 1. The Kier molecular flexibility index (Phi) is 7.20. The van der Waals surface area contributed by atoms with Gasteiger partial charge < -0.3 is 20.5 Å². The van der Waals surface area contributed by atoms with Gasteiger partial charge in [-0.25, -0.2) is 8.42 Å². The number of anilines is 1. The largest absolute Gasteiger partial charge is 0.545 e. The molecule has 0 radical (unpaired) electrons. The number of nitrogens with one attached hydrogen (secondary N) is 2. The average Bonchev–Trinajstić information content (AvgIpc) is 2.95. The maximum atomic E-state index is 14.1. The van der Waals surface area contributed by atoms with Crippen LogP contribution in [0.4, 0.5) is 5.69 Å². The highest BCUT2D eigenvalue weighted by molar-refractivity contribution is 7.89. The van der Waals surface area contributed by atoms with Crippen LogP contribution < -0.4 is 20.5 Å². The number of amidine groups is 1. The summed E-state index contributed by atoms with van der Waals surface area (Å²) in [5.74, 6) is -2.23. The summed E-state index contributed by atoms with van der Waals surface area (Å²) < 4.78 is 29.8. The van der Waals surface area contributed by atoms with Crippen LogP contribution >= 0.6 is 0 Å². The molecule has 1 heterocycles. The summed E-state index contributed by atoms with van der Waals surface area (Å²) in [7, 11) is -4.20. The van der Waals surface area contributed by atoms with Gasteiger partial charge in [0.1, 0.15) is 11.9 Å². The van der Waals surface area contributed by atoms with Gasteiger partial charge in [0, 0.05) is 5.56 Å². The van der Waals surface area contributed by atoms with E-state index in [1.807, 2.05) is 12.1 Å². The van der Waals surface area contributed by atoms with Crippen LogP contribution in [0, 0.1) is 5.41 Å². The van der Waals surface area contributed by atoms with Crippen molar-refractivity contribution in [2.75, 3.05) is 11.4 Å². The number of nitrogens with two attached hydrogens (primary N) is 1. The van der Waals surface area contributed by atoms with E-state index in [1.165, 1.54) is 23.1 Å². The fourth-order valence-electron chi connectivity index (χ4n) is 4.72. The minimum absolute atomic E-state index is 0.0177. The first-order valence-electron chi connectivity index (χ1n) is 12.4. The van der Waals surface area contributed by atoms with E-state index >= 15 is 0 Å². The topological polar surface area (TPSA) is 156 Å². The Bertz CT molecular complexity index is 1800. The Morgan fingerprint density at radius 2 is 1.68 bits per heavy atom. The molecule has 10 heteroatoms. The summed E-state index contributed by atoms with van der Waals surface area (Å²) in [5.41, 5.74) is 7.46. The van der Waals surface area contributed by atoms with Crippen LogP contribution in [0.3, 0.4) is 0 Å². The molecular weight excluding hydrogens is 528 g/mol. The predicted molar refractivity (Wildman–Crippen MR) is 151 cm³/mol. The van der Waals surface area contributed by atoms with Crippen molar-refractivity contribution in [3.63, 3.8) is 0 Å². The zero-order chi connectivity index (χ0) is 28.4. The van der Waals surface area contributed by atoms with Gasteiger partial charge in [0.2, 0.25) is 15.9 Å². The first kappa shape index (κ1) is 26.8. The minimum Gasteiger partial charge on any atom is -0.545 e. The van der Waals surface area contributed by atoms with E-state index in [-0.39, 0.29) is 29.3 Å². The molecule has 1 aliphatic rings. The first-order valence-corrected chi connectivity index (χ1v) is 13.9. The Labute approximate surface area is 231 Å². The van der Waals surface area contributed by atoms with Crippen LogP contribution in [-0.4, -0.2) is 38.7 Å². The van der Waals surface area contributed by atoms with Crippen molar-refractivity contribution < 1.29 is 23.1 Å². The van der Waals surface area contributed by atoms with Crippen LogP contribution in [0.5, 0.6) is 0 Å². The highest BCUT2D eigenvalue weighted by atomic mass is 32.2. The standard InChI is InChI=1S/C30H26N4O5S/c31-28(32)23-10-5-6-19(14-23)15-26(33-40(38,39)25-13-12-20-7-1-2-8-21(20)17-25)29(35)34-18-24(30(36)37)16-22-9-3-4-11-27(22)34/h1-14,16-17,26,33H,15,18H2,(H3,31,32)(H,36,37)/p-1. The van der Waals surface area contributed by atoms with Gasteiger partial charge in [-0.15, -0.1) is 0 Å². The second kappa shape index (κ2) is 10.8. The van der Waals surface area contributed by atoms with Crippen molar-refractivity contribution in [2.24, 2.45) is 5.73 Å². The van der Waals surface area contributed by atoms with Crippen LogP contribution in [-0.2, 0) is 26.0 Å². The van der Waals surface area contributed by atoms with Crippen LogP contribution in [0.2, 0.25) is 0 Å². The monoisotopic (exact) mass is 553 g/mol. The third-order valence-corrected chi connectivity index (χ3v) is 8.19. The molecule has 1 amide bonds. The second-order valence-electron chi connectivity index (χ2n) is 9.44. The number of sulfonamides is 1. The van der Waals surface area contributed by atoms with Gasteiger partial charge in [-0.2, -0.15) is 4.72 Å². The third-order valence-electron chi connectivity index (χ3n) is 6.72. The number of carboxylic acid groups (broad SMARTS) is 1. The fourth-order valence-corrected chi connectivity index (χ4v) is 5.95. The molecule has 4 aromatic rings. The zero-order valence-electron chi connectivity index (χ0n) is 21.2. The molecule has 1 atom stereocenters. The Balaban J connectivity index is 1.55. The number of aliphatic carboxylic acids is 1. The van der Waals surface area contributed by atoms with Crippen molar-refractivity contribution in [3.8, 4) is 0 Å². The summed E-state index contributed by atoms with van der Waals surface area (Å²) in [5, 5.41) is 21.1. The summed E-state index contributed by atoms with van der Waals surface area (Å²) in [6.07, 6.45) is 1.37. The molecule has 0 fully saturated rings. The summed E-state index contributed by atoms with van der Waals surface area (Å²) in [6, 6.07) is 24.1. The molecule has 5 rings (SSSR count). The molecule has 0 bridgehead atoms. The van der Waals surface area contributed by atoms with E-state index in [2.05, 4.69) is 4.72 Å². The van der Waals surface area contributed by atoms with Gasteiger partial charge in [-0.05, 0) is 64.2 Å². The van der Waals surface area contributed by atoms with Crippen molar-refractivity contribution in [1.29, 1.82) is 5.41 Å². The normalized spacial score (nSPS) is 13.8.